The van der Waals surface area contributed by atoms with E-state index >= 15 is 0 Å². The highest BCUT2D eigenvalue weighted by Crippen LogP contribution is 2.34. The van der Waals surface area contributed by atoms with Gasteiger partial charge in [-0.15, -0.1) is 0 Å². The number of rotatable bonds is 14. The van der Waals surface area contributed by atoms with Crippen LogP contribution in [0.3, 0.4) is 0 Å². The number of benzene rings is 1. The van der Waals surface area contributed by atoms with Crippen LogP contribution in [0.15, 0.2) is 12.1 Å². The van der Waals surface area contributed by atoms with Gasteiger partial charge in [-0.2, -0.15) is 0 Å². The molecule has 2 fully saturated rings. The molecule has 4 rings (SSSR count). The van der Waals surface area contributed by atoms with Crippen LogP contribution in [-0.4, -0.2) is 37.2 Å². The molecule has 0 bridgehead atoms. The lowest BCUT2D eigenvalue weighted by molar-refractivity contribution is -0.154. The summed E-state index contributed by atoms with van der Waals surface area (Å²) >= 11 is 0. The molecule has 0 aliphatic heterocycles. The maximum atomic E-state index is 13.1. The Morgan fingerprint density at radius 1 is 1.05 bits per heavy atom. The highest BCUT2D eigenvalue weighted by Gasteiger charge is 2.28. The smallest absolute Gasteiger partial charge is 0.309 e. The van der Waals surface area contributed by atoms with Gasteiger partial charge in [0.2, 0.25) is 5.60 Å². The number of hydrogen-bond acceptors (Lipinski definition) is 4. The first-order valence-electron chi connectivity index (χ1n) is 16.7. The van der Waals surface area contributed by atoms with Crippen LogP contribution < -0.4 is 15.8 Å². The molecule has 1 N–H and O–H groups in total. The van der Waals surface area contributed by atoms with Crippen molar-refractivity contribution in [2.24, 2.45) is 29.6 Å². The van der Waals surface area contributed by atoms with Crippen LogP contribution in [0.25, 0.3) is 12.2 Å². The number of carbonyl (C=O) groups is 2. The molecule has 1 amide bonds. The Hall–Kier alpha value is -2.40. The maximum absolute atomic E-state index is 13.1. The van der Waals surface area contributed by atoms with Crippen LogP contribution in [0.2, 0.25) is 0 Å². The first kappa shape index (κ1) is 32.5. The summed E-state index contributed by atoms with van der Waals surface area (Å²) in [5, 5.41) is 5.54. The summed E-state index contributed by atoms with van der Waals surface area (Å²) in [5.41, 5.74) is 1.16. The number of nitrogens with one attached hydrogen (secondary N) is 1. The molecule has 0 heterocycles. The fourth-order valence-corrected chi connectivity index (χ4v) is 6.80. The molecule has 3 aliphatic rings. The van der Waals surface area contributed by atoms with Gasteiger partial charge in [0.05, 0.1) is 11.8 Å². The molecule has 230 valence electrons. The Balaban J connectivity index is 1.32. The Morgan fingerprint density at radius 3 is 2.52 bits per heavy atom. The van der Waals surface area contributed by atoms with Crippen LogP contribution in [-0.2, 0) is 14.3 Å². The Bertz CT molecular complexity index is 1160. The second-order valence-electron chi connectivity index (χ2n) is 13.9. The molecule has 5 heteroatoms. The van der Waals surface area contributed by atoms with Crippen LogP contribution in [0.4, 0.5) is 0 Å². The third-order valence-electron chi connectivity index (χ3n) is 9.46. The lowest BCUT2D eigenvalue weighted by Crippen LogP contribution is -2.34. The number of fused-ring (bicyclic) bond motifs is 1. The molecule has 0 spiro atoms. The molecule has 4 atom stereocenters. The number of carbonyl (C=O) groups excluding carboxylic acids is 2. The average Bonchev–Trinajstić information content (AvgIpc) is 3.78. The van der Waals surface area contributed by atoms with Crippen LogP contribution >= 0.6 is 0 Å². The Kier molecular flexibility index (Phi) is 11.9. The zero-order valence-electron chi connectivity index (χ0n) is 26.7. The van der Waals surface area contributed by atoms with Crippen molar-refractivity contribution in [3.63, 3.8) is 0 Å². The van der Waals surface area contributed by atoms with E-state index in [0.717, 1.165) is 48.8 Å². The van der Waals surface area contributed by atoms with Gasteiger partial charge in [-0.25, -0.2) is 0 Å². The summed E-state index contributed by atoms with van der Waals surface area (Å²) < 4.78 is 11.2. The van der Waals surface area contributed by atoms with E-state index in [1.165, 1.54) is 61.8 Å². The summed E-state index contributed by atoms with van der Waals surface area (Å²) in [6.07, 6.45) is 20.7. The molecular weight excluding hydrogens is 522 g/mol. The first-order valence-corrected chi connectivity index (χ1v) is 16.7. The van der Waals surface area contributed by atoms with Crippen LogP contribution in [0.5, 0.6) is 0 Å². The third-order valence-corrected chi connectivity index (χ3v) is 9.46. The normalized spacial score (nSPS) is 24.3. The van der Waals surface area contributed by atoms with Crippen molar-refractivity contribution in [2.45, 2.75) is 110 Å². The van der Waals surface area contributed by atoms with Gasteiger partial charge < -0.3 is 14.8 Å². The lowest BCUT2D eigenvalue weighted by atomic mass is 9.84. The van der Waals surface area contributed by atoms with Crippen molar-refractivity contribution >= 4 is 24.0 Å². The van der Waals surface area contributed by atoms with Gasteiger partial charge in [-0.3, -0.25) is 9.59 Å². The van der Waals surface area contributed by atoms with Crippen molar-refractivity contribution in [1.82, 2.24) is 5.32 Å². The molecule has 5 nitrogen and oxygen atoms in total. The minimum atomic E-state index is -0.650. The van der Waals surface area contributed by atoms with Gasteiger partial charge in [0.25, 0.3) is 0 Å². The van der Waals surface area contributed by atoms with Crippen LogP contribution in [0, 0.1) is 42.9 Å². The predicted octanol–water partition coefficient (Wildman–Crippen LogP) is 6.55. The highest BCUT2D eigenvalue weighted by atomic mass is 16.6. The molecule has 42 heavy (non-hydrogen) atoms. The largest absolute Gasteiger partial charge is 0.419 e. The number of ether oxygens (including phenoxy) is 2. The van der Waals surface area contributed by atoms with Gasteiger partial charge in [-0.05, 0) is 80.3 Å². The minimum absolute atomic E-state index is 0.0156. The lowest BCUT2D eigenvalue weighted by Gasteiger charge is -2.20. The van der Waals surface area contributed by atoms with Crippen molar-refractivity contribution in [1.29, 1.82) is 0 Å². The van der Waals surface area contributed by atoms with Gasteiger partial charge in [-0.1, -0.05) is 45.1 Å². The van der Waals surface area contributed by atoms with Gasteiger partial charge in [0.15, 0.2) is 5.56 Å². The van der Waals surface area contributed by atoms with Gasteiger partial charge >= 0.3 is 11.9 Å². The Morgan fingerprint density at radius 2 is 1.79 bits per heavy atom. The molecule has 0 radical (unpaired) electrons. The number of amides is 1. The van der Waals surface area contributed by atoms with Gasteiger partial charge in [0.1, 0.15) is 12.5 Å². The second kappa shape index (κ2) is 15.4. The van der Waals surface area contributed by atoms with Crippen molar-refractivity contribution in [3.05, 3.63) is 47.0 Å². The van der Waals surface area contributed by atoms with Crippen molar-refractivity contribution in [2.75, 3.05) is 19.8 Å². The topological polar surface area (TPSA) is 64.6 Å². The minimum Gasteiger partial charge on any atom is -0.419 e. The van der Waals surface area contributed by atoms with E-state index < -0.39 is 5.60 Å². The molecule has 0 saturated heterocycles. The van der Waals surface area contributed by atoms with Crippen LogP contribution in [0.1, 0.15) is 121 Å². The molecule has 3 aliphatic carbocycles. The van der Waals surface area contributed by atoms with E-state index in [-0.39, 0.29) is 11.9 Å². The molecular formula is C37H55NO4+2. The van der Waals surface area contributed by atoms with E-state index in [1.807, 2.05) is 26.8 Å². The summed E-state index contributed by atoms with van der Waals surface area (Å²) in [4.78, 5) is 25.4. The fourth-order valence-electron chi connectivity index (χ4n) is 6.80. The molecule has 4 unspecified atom stereocenters. The third kappa shape index (κ3) is 10.1. The van der Waals surface area contributed by atoms with E-state index in [2.05, 4.69) is 43.8 Å². The zero-order valence-corrected chi connectivity index (χ0v) is 26.7. The van der Waals surface area contributed by atoms with E-state index in [1.54, 1.807) is 0 Å². The Labute approximate surface area is 254 Å². The number of esters is 1. The van der Waals surface area contributed by atoms with E-state index in [9.17, 15) is 9.59 Å². The second-order valence-corrected chi connectivity index (χ2v) is 13.9. The maximum Gasteiger partial charge on any atom is 0.309 e. The quantitative estimate of drug-likeness (QED) is 0.118. The molecule has 1 aromatic rings. The molecule has 2 saturated carbocycles. The standard InChI is InChI=1S/C37H54NO4/c1-6-32-33(36(40)38-21-22-41-25-29-16-17-29)20-19-30-18-13-26(2)31(24-34(30)32)12-8-10-27-9-7-11-28(15-14-27)23-35(39)42-37(3,4)5/h6,18-20,24,26-29,31H,3,7-17,21-23,25H2,1-2,4-5H3/q+1/p+1. The zero-order chi connectivity index (χ0) is 30.1. The SMILES string of the molecule is [CH2+]C(C)(C)OC(=O)CC1CCCC(CCCC2C=c3c([CH+]C)c(C(=O)NCCOCC4CC4)ccc3=CCC2C)CC1. The van der Waals surface area contributed by atoms with E-state index in [4.69, 9.17) is 9.47 Å². The predicted molar refractivity (Wildman–Crippen MR) is 171 cm³/mol. The monoisotopic (exact) mass is 577 g/mol. The summed E-state index contributed by atoms with van der Waals surface area (Å²) in [6.45, 7) is 13.9. The summed E-state index contributed by atoms with van der Waals surface area (Å²) in [5.74, 6) is 2.88. The molecule has 1 aromatic carbocycles. The molecule has 0 aromatic heterocycles. The highest BCUT2D eigenvalue weighted by molar-refractivity contribution is 5.96. The van der Waals surface area contributed by atoms with Crippen molar-refractivity contribution in [3.8, 4) is 0 Å². The fraction of sp³-hybridized carbons (Fsp3) is 0.676. The average molecular weight is 578 g/mol. The van der Waals surface area contributed by atoms with Crippen molar-refractivity contribution < 1.29 is 19.1 Å². The van der Waals surface area contributed by atoms with E-state index in [0.29, 0.717) is 37.3 Å². The first-order chi connectivity index (χ1) is 20.1. The van der Waals surface area contributed by atoms with Gasteiger partial charge in [0, 0.05) is 58.0 Å². The summed E-state index contributed by atoms with van der Waals surface area (Å²) in [7, 11) is 0. The number of hydrogen-bond donors (Lipinski definition) is 1. The summed E-state index contributed by atoms with van der Waals surface area (Å²) in [6, 6.07) is 4.12.